The van der Waals surface area contributed by atoms with Gasteiger partial charge in [0.1, 0.15) is 0 Å². The molecule has 25 heavy (non-hydrogen) atoms. The van der Waals surface area contributed by atoms with Crippen molar-refractivity contribution in [3.8, 4) is 11.1 Å². The fourth-order valence-electron chi connectivity index (χ4n) is 3.66. The largest absolute Gasteiger partial charge is 0.364 e. The average Bonchev–Trinajstić information content (AvgIpc) is 3.02. The van der Waals surface area contributed by atoms with E-state index in [1.54, 1.807) is 12.4 Å². The summed E-state index contributed by atoms with van der Waals surface area (Å²) in [6.45, 7) is 0. The molecular weight excluding hydrogens is 314 g/mol. The van der Waals surface area contributed by atoms with E-state index in [1.807, 2.05) is 35.0 Å². The van der Waals surface area contributed by atoms with Crippen LogP contribution < -0.4 is 11.5 Å². The smallest absolute Gasteiger partial charge is 0.269 e. The molecule has 0 aliphatic heterocycles. The highest BCUT2D eigenvalue weighted by Gasteiger charge is 2.24. The van der Waals surface area contributed by atoms with Gasteiger partial charge >= 0.3 is 0 Å². The fourth-order valence-corrected chi connectivity index (χ4v) is 3.66. The van der Waals surface area contributed by atoms with Crippen LogP contribution >= 0.6 is 0 Å². The van der Waals surface area contributed by atoms with E-state index in [9.17, 15) is 4.79 Å². The second-order valence-electron chi connectivity index (χ2n) is 6.70. The zero-order valence-corrected chi connectivity index (χ0v) is 13.9. The molecule has 1 aromatic carbocycles. The Morgan fingerprint density at radius 1 is 1.12 bits per heavy atom. The summed E-state index contributed by atoms with van der Waals surface area (Å²) in [4.78, 5) is 16.1. The summed E-state index contributed by atoms with van der Waals surface area (Å²) in [5.74, 6) is -0.500. The van der Waals surface area contributed by atoms with Gasteiger partial charge < -0.3 is 11.5 Å². The molecule has 0 bridgehead atoms. The number of amides is 1. The maximum absolute atomic E-state index is 11.9. The number of hydrogen-bond acceptors (Lipinski definition) is 4. The third kappa shape index (κ3) is 2.89. The van der Waals surface area contributed by atoms with Crippen LogP contribution in [0.15, 0.2) is 42.7 Å². The van der Waals surface area contributed by atoms with Crippen molar-refractivity contribution in [3.63, 3.8) is 0 Å². The highest BCUT2D eigenvalue weighted by Crippen LogP contribution is 2.33. The number of nitrogens with two attached hydrogens (primary N) is 2. The molecule has 4 N–H and O–H groups in total. The van der Waals surface area contributed by atoms with Gasteiger partial charge in [0.15, 0.2) is 5.69 Å². The average molecular weight is 335 g/mol. The number of rotatable bonds is 3. The summed E-state index contributed by atoms with van der Waals surface area (Å²) in [6, 6.07) is 10.5. The lowest BCUT2D eigenvalue weighted by Gasteiger charge is -2.26. The Hall–Kier alpha value is -2.73. The summed E-state index contributed by atoms with van der Waals surface area (Å²) in [5, 5.41) is 5.35. The topological polar surface area (TPSA) is 99.8 Å². The second kappa shape index (κ2) is 6.29. The van der Waals surface area contributed by atoms with E-state index in [1.165, 1.54) is 0 Å². The molecule has 1 aliphatic carbocycles. The molecule has 6 nitrogen and oxygen atoms in total. The Bertz CT molecular complexity index is 910. The third-order valence-electron chi connectivity index (χ3n) is 5.02. The molecule has 0 radical (unpaired) electrons. The minimum Gasteiger partial charge on any atom is -0.364 e. The summed E-state index contributed by atoms with van der Waals surface area (Å²) in [6.07, 6.45) is 7.44. The molecule has 128 valence electrons. The molecule has 0 unspecified atom stereocenters. The SMILES string of the molecule is NC(=O)c1nn(C2CCC(N)CC2)c2ccc(-c3cccnc3)cc12. The van der Waals surface area contributed by atoms with E-state index >= 15 is 0 Å². The first kappa shape index (κ1) is 15.8. The third-order valence-corrected chi connectivity index (χ3v) is 5.02. The lowest BCUT2D eigenvalue weighted by molar-refractivity contribution is 0.0995. The van der Waals surface area contributed by atoms with E-state index < -0.39 is 5.91 Å². The van der Waals surface area contributed by atoms with Gasteiger partial charge in [0.2, 0.25) is 0 Å². The highest BCUT2D eigenvalue weighted by atomic mass is 16.1. The lowest BCUT2D eigenvalue weighted by atomic mass is 9.92. The van der Waals surface area contributed by atoms with Gasteiger partial charge in [-0.1, -0.05) is 12.1 Å². The number of carbonyl (C=O) groups is 1. The van der Waals surface area contributed by atoms with E-state index in [0.717, 1.165) is 47.7 Å². The Labute approximate surface area is 145 Å². The number of benzene rings is 1. The predicted octanol–water partition coefficient (Wildman–Crippen LogP) is 2.64. The normalized spacial score (nSPS) is 20.7. The molecule has 3 aromatic rings. The zero-order chi connectivity index (χ0) is 17.4. The number of pyridine rings is 1. The molecule has 1 fully saturated rings. The number of hydrogen-bond donors (Lipinski definition) is 2. The minimum absolute atomic E-state index is 0.264. The minimum atomic E-state index is -0.500. The quantitative estimate of drug-likeness (QED) is 0.768. The van der Waals surface area contributed by atoms with Crippen LogP contribution in [0.25, 0.3) is 22.0 Å². The van der Waals surface area contributed by atoms with Crippen molar-refractivity contribution in [1.29, 1.82) is 0 Å². The van der Waals surface area contributed by atoms with Gasteiger partial charge in [0.05, 0.1) is 11.6 Å². The number of primary amides is 1. The Morgan fingerprint density at radius 3 is 2.60 bits per heavy atom. The van der Waals surface area contributed by atoms with Crippen LogP contribution in [0.2, 0.25) is 0 Å². The van der Waals surface area contributed by atoms with Crippen LogP contribution in [-0.4, -0.2) is 26.7 Å². The van der Waals surface area contributed by atoms with Crippen molar-refractivity contribution in [2.75, 3.05) is 0 Å². The molecule has 0 spiro atoms. The van der Waals surface area contributed by atoms with Crippen molar-refractivity contribution < 1.29 is 4.79 Å². The first-order chi connectivity index (χ1) is 12.1. The van der Waals surface area contributed by atoms with Gasteiger partial charge in [-0.3, -0.25) is 14.5 Å². The summed E-state index contributed by atoms with van der Waals surface area (Å²) in [7, 11) is 0. The number of aromatic nitrogens is 3. The standard InChI is InChI=1S/C19H21N5O/c20-14-4-6-15(7-5-14)24-17-8-3-12(13-2-1-9-22-11-13)10-16(17)18(23-24)19(21)25/h1-3,8-11,14-15H,4-7,20H2,(H2,21,25). The van der Waals surface area contributed by atoms with Crippen molar-refractivity contribution in [1.82, 2.24) is 14.8 Å². The van der Waals surface area contributed by atoms with Gasteiger partial charge in [0.25, 0.3) is 5.91 Å². The van der Waals surface area contributed by atoms with Gasteiger partial charge in [0, 0.05) is 29.4 Å². The molecule has 0 atom stereocenters. The van der Waals surface area contributed by atoms with Crippen LogP contribution in [-0.2, 0) is 0 Å². The van der Waals surface area contributed by atoms with Gasteiger partial charge in [-0.05, 0) is 49.4 Å². The van der Waals surface area contributed by atoms with Crippen LogP contribution in [0.5, 0.6) is 0 Å². The van der Waals surface area contributed by atoms with Crippen LogP contribution in [0.1, 0.15) is 42.2 Å². The lowest BCUT2D eigenvalue weighted by Crippen LogP contribution is -2.28. The molecule has 2 aromatic heterocycles. The molecule has 6 heteroatoms. The maximum Gasteiger partial charge on any atom is 0.269 e. The van der Waals surface area contributed by atoms with E-state index in [4.69, 9.17) is 11.5 Å². The first-order valence-corrected chi connectivity index (χ1v) is 8.61. The molecule has 1 saturated carbocycles. The Kier molecular flexibility index (Phi) is 3.97. The van der Waals surface area contributed by atoms with Gasteiger partial charge in [-0.2, -0.15) is 5.10 Å². The highest BCUT2D eigenvalue weighted by molar-refractivity contribution is 6.05. The number of fused-ring (bicyclic) bond motifs is 1. The Balaban J connectivity index is 1.82. The number of nitrogens with zero attached hydrogens (tertiary/aromatic N) is 3. The molecule has 1 aliphatic rings. The van der Waals surface area contributed by atoms with Crippen molar-refractivity contribution in [2.45, 2.75) is 37.8 Å². The molecule has 0 saturated heterocycles. The summed E-state index contributed by atoms with van der Waals surface area (Å²) >= 11 is 0. The molecule has 2 heterocycles. The van der Waals surface area contributed by atoms with Crippen molar-refractivity contribution in [3.05, 3.63) is 48.4 Å². The first-order valence-electron chi connectivity index (χ1n) is 8.61. The molecule has 4 rings (SSSR count). The van der Waals surface area contributed by atoms with Crippen molar-refractivity contribution >= 4 is 16.8 Å². The van der Waals surface area contributed by atoms with E-state index in [0.29, 0.717) is 5.69 Å². The van der Waals surface area contributed by atoms with Crippen molar-refractivity contribution in [2.24, 2.45) is 11.5 Å². The van der Waals surface area contributed by atoms with Gasteiger partial charge in [-0.15, -0.1) is 0 Å². The Morgan fingerprint density at radius 2 is 1.92 bits per heavy atom. The van der Waals surface area contributed by atoms with Gasteiger partial charge in [-0.25, -0.2) is 0 Å². The molecule has 1 amide bonds. The monoisotopic (exact) mass is 335 g/mol. The summed E-state index contributed by atoms with van der Waals surface area (Å²) in [5.41, 5.74) is 14.9. The maximum atomic E-state index is 11.9. The number of carbonyl (C=O) groups excluding carboxylic acids is 1. The predicted molar refractivity (Wildman–Crippen MR) is 97.0 cm³/mol. The molecular formula is C19H21N5O. The van der Waals surface area contributed by atoms with Crippen LogP contribution in [0.3, 0.4) is 0 Å². The summed E-state index contributed by atoms with van der Waals surface area (Å²) < 4.78 is 1.97. The van der Waals surface area contributed by atoms with E-state index in [-0.39, 0.29) is 12.1 Å². The fraction of sp³-hybridized carbons (Fsp3) is 0.316. The van der Waals surface area contributed by atoms with Crippen LogP contribution in [0, 0.1) is 0 Å². The second-order valence-corrected chi connectivity index (χ2v) is 6.70. The van der Waals surface area contributed by atoms with Crippen LogP contribution in [0.4, 0.5) is 0 Å². The zero-order valence-electron chi connectivity index (χ0n) is 13.9. The van der Waals surface area contributed by atoms with E-state index in [2.05, 4.69) is 10.1 Å².